The average Bonchev–Trinajstić information content (AvgIpc) is 3.32. The summed E-state index contributed by atoms with van der Waals surface area (Å²) in [5.74, 6) is 0.697. The van der Waals surface area contributed by atoms with E-state index >= 15 is 0 Å². The second-order valence-electron chi connectivity index (χ2n) is 6.72. The molecule has 0 spiro atoms. The number of aliphatic imine (C=N–C) groups is 1. The van der Waals surface area contributed by atoms with Crippen molar-refractivity contribution in [3.8, 4) is 0 Å². The van der Waals surface area contributed by atoms with Gasteiger partial charge in [-0.1, -0.05) is 13.8 Å². The van der Waals surface area contributed by atoms with Crippen LogP contribution in [0.3, 0.4) is 0 Å². The molecule has 0 aromatic rings. The van der Waals surface area contributed by atoms with E-state index in [4.69, 9.17) is 20.2 Å². The normalized spacial score (nSPS) is 26.7. The third kappa shape index (κ3) is 6.38. The highest BCUT2D eigenvalue weighted by Gasteiger charge is 2.42. The lowest BCUT2D eigenvalue weighted by molar-refractivity contribution is -0.0690. The molecule has 1 saturated heterocycles. The molecule has 5 nitrogen and oxygen atoms in total. The summed E-state index contributed by atoms with van der Waals surface area (Å²) in [7, 11) is 0. The molecule has 23 heavy (non-hydrogen) atoms. The lowest BCUT2D eigenvalue weighted by Gasteiger charge is -2.38. The molecule has 2 aliphatic rings. The van der Waals surface area contributed by atoms with Crippen LogP contribution < -0.4 is 5.73 Å². The zero-order valence-electron chi connectivity index (χ0n) is 14.9. The van der Waals surface area contributed by atoms with Gasteiger partial charge in [-0.25, -0.2) is 0 Å². The van der Waals surface area contributed by atoms with Crippen LogP contribution in [0, 0.1) is 5.41 Å². The van der Waals surface area contributed by atoms with E-state index < -0.39 is 0 Å². The van der Waals surface area contributed by atoms with E-state index in [1.54, 1.807) is 0 Å². The summed E-state index contributed by atoms with van der Waals surface area (Å²) in [5, 5.41) is 0. The topological polar surface area (TPSA) is 60.1 Å². The second-order valence-corrected chi connectivity index (χ2v) is 6.72. The minimum atomic E-state index is 0. The first-order chi connectivity index (χ1) is 10.6. The molecule has 0 radical (unpaired) electrons. The third-order valence-corrected chi connectivity index (χ3v) is 4.98. The number of rotatable bonds is 8. The summed E-state index contributed by atoms with van der Waals surface area (Å²) in [5.41, 5.74) is 6.62. The predicted molar refractivity (Wildman–Crippen MR) is 105 cm³/mol. The predicted octanol–water partition coefficient (Wildman–Crippen LogP) is 3.02. The molecule has 1 saturated carbocycles. The van der Waals surface area contributed by atoms with Crippen molar-refractivity contribution in [2.24, 2.45) is 16.1 Å². The van der Waals surface area contributed by atoms with Gasteiger partial charge in [-0.15, -0.1) is 24.0 Å². The van der Waals surface area contributed by atoms with E-state index in [-0.39, 0.29) is 36.2 Å². The van der Waals surface area contributed by atoms with Crippen molar-refractivity contribution >= 4 is 29.9 Å². The van der Waals surface area contributed by atoms with Gasteiger partial charge in [-0.3, -0.25) is 4.99 Å². The maximum atomic E-state index is 6.26. The van der Waals surface area contributed by atoms with Crippen molar-refractivity contribution in [2.45, 2.75) is 65.1 Å². The number of morpholine rings is 1. The van der Waals surface area contributed by atoms with Crippen LogP contribution in [0.5, 0.6) is 0 Å². The zero-order valence-corrected chi connectivity index (χ0v) is 17.3. The van der Waals surface area contributed by atoms with E-state index in [1.807, 2.05) is 6.92 Å². The Bertz CT molecular complexity index is 363. The first-order valence-electron chi connectivity index (χ1n) is 8.90. The number of ether oxygens (including phenoxy) is 2. The van der Waals surface area contributed by atoms with Crippen LogP contribution in [0.25, 0.3) is 0 Å². The van der Waals surface area contributed by atoms with Crippen molar-refractivity contribution in [2.75, 3.05) is 32.8 Å². The summed E-state index contributed by atoms with van der Waals surface area (Å²) >= 11 is 0. The third-order valence-electron chi connectivity index (χ3n) is 4.98. The fraction of sp³-hybridized carbons (Fsp3) is 0.941. The Hall–Kier alpha value is -0.0800. The molecular weight excluding hydrogens is 405 g/mol. The van der Waals surface area contributed by atoms with Gasteiger partial charge >= 0.3 is 0 Å². The molecule has 136 valence electrons. The first kappa shape index (κ1) is 21.0. The van der Waals surface area contributed by atoms with Crippen molar-refractivity contribution in [1.29, 1.82) is 0 Å². The van der Waals surface area contributed by atoms with E-state index in [9.17, 15) is 0 Å². The Labute approximate surface area is 158 Å². The van der Waals surface area contributed by atoms with Gasteiger partial charge in [-0.05, 0) is 44.4 Å². The molecule has 2 rings (SSSR count). The maximum absolute atomic E-state index is 6.26. The van der Waals surface area contributed by atoms with E-state index in [1.165, 1.54) is 12.8 Å². The highest BCUT2D eigenvalue weighted by atomic mass is 127. The Kier molecular flexibility index (Phi) is 9.15. The fourth-order valence-electron chi connectivity index (χ4n) is 3.01. The summed E-state index contributed by atoms with van der Waals surface area (Å²) in [6.07, 6.45) is 6.23. The Balaban J connectivity index is 0.00000264. The van der Waals surface area contributed by atoms with Crippen LogP contribution in [0.15, 0.2) is 4.99 Å². The van der Waals surface area contributed by atoms with Gasteiger partial charge in [0.15, 0.2) is 5.96 Å². The van der Waals surface area contributed by atoms with Gasteiger partial charge in [-0.2, -0.15) is 0 Å². The molecule has 2 atom stereocenters. The van der Waals surface area contributed by atoms with Crippen LogP contribution >= 0.6 is 24.0 Å². The number of nitrogens with two attached hydrogens (primary N) is 1. The smallest absolute Gasteiger partial charge is 0.191 e. The molecule has 1 heterocycles. The molecule has 0 bridgehead atoms. The number of halogens is 1. The molecule has 1 aliphatic heterocycles. The minimum Gasteiger partial charge on any atom is -0.382 e. The van der Waals surface area contributed by atoms with Crippen LogP contribution in [0.4, 0.5) is 0 Å². The first-order valence-corrected chi connectivity index (χ1v) is 8.90. The zero-order chi connectivity index (χ0) is 16.0. The van der Waals surface area contributed by atoms with Gasteiger partial charge in [0.25, 0.3) is 0 Å². The molecule has 0 aromatic carbocycles. The Morgan fingerprint density at radius 2 is 1.83 bits per heavy atom. The average molecular weight is 439 g/mol. The summed E-state index contributed by atoms with van der Waals surface area (Å²) in [6.45, 7) is 10.6. The van der Waals surface area contributed by atoms with Crippen LogP contribution in [-0.4, -0.2) is 55.9 Å². The van der Waals surface area contributed by atoms with E-state index in [2.05, 4.69) is 18.7 Å². The van der Waals surface area contributed by atoms with Gasteiger partial charge in [0.05, 0.1) is 12.2 Å². The number of guanidine groups is 1. The standard InChI is InChI=1S/C17H33N3O2.HI/c1-4-14-11-20(12-15(5-2)22-14)16(18)19-13-17(7-8-17)9-10-21-6-3;/h14-15H,4-13H2,1-3H3,(H2,18,19);1H. The Morgan fingerprint density at radius 1 is 1.22 bits per heavy atom. The summed E-state index contributed by atoms with van der Waals surface area (Å²) in [6, 6.07) is 0. The molecule has 2 N–H and O–H groups in total. The van der Waals surface area contributed by atoms with Gasteiger partial charge in [0, 0.05) is 32.8 Å². The summed E-state index contributed by atoms with van der Waals surface area (Å²) in [4.78, 5) is 6.92. The lowest BCUT2D eigenvalue weighted by Crippen LogP contribution is -2.52. The monoisotopic (exact) mass is 439 g/mol. The van der Waals surface area contributed by atoms with Gasteiger partial charge < -0.3 is 20.1 Å². The van der Waals surface area contributed by atoms with Crippen LogP contribution in [-0.2, 0) is 9.47 Å². The molecule has 2 fully saturated rings. The fourth-order valence-corrected chi connectivity index (χ4v) is 3.01. The van der Waals surface area contributed by atoms with Crippen molar-refractivity contribution in [3.05, 3.63) is 0 Å². The molecule has 1 aliphatic carbocycles. The van der Waals surface area contributed by atoms with Crippen molar-refractivity contribution in [3.63, 3.8) is 0 Å². The summed E-state index contributed by atoms with van der Waals surface area (Å²) < 4.78 is 11.5. The second kappa shape index (κ2) is 10.0. The molecule has 6 heteroatoms. The maximum Gasteiger partial charge on any atom is 0.191 e. The lowest BCUT2D eigenvalue weighted by atomic mass is 10.0. The van der Waals surface area contributed by atoms with Gasteiger partial charge in [0.1, 0.15) is 0 Å². The van der Waals surface area contributed by atoms with Crippen molar-refractivity contribution in [1.82, 2.24) is 4.90 Å². The molecular formula is C17H34IN3O2. The largest absolute Gasteiger partial charge is 0.382 e. The van der Waals surface area contributed by atoms with Crippen LogP contribution in [0.2, 0.25) is 0 Å². The van der Waals surface area contributed by atoms with Gasteiger partial charge in [0.2, 0.25) is 0 Å². The van der Waals surface area contributed by atoms with E-state index in [0.29, 0.717) is 11.4 Å². The van der Waals surface area contributed by atoms with Crippen molar-refractivity contribution < 1.29 is 9.47 Å². The number of hydrogen-bond donors (Lipinski definition) is 1. The Morgan fingerprint density at radius 3 is 2.30 bits per heavy atom. The quantitative estimate of drug-likeness (QED) is 0.274. The minimum absolute atomic E-state index is 0. The molecule has 0 amide bonds. The van der Waals surface area contributed by atoms with Crippen LogP contribution in [0.1, 0.15) is 52.9 Å². The molecule has 0 aromatic heterocycles. The number of hydrogen-bond acceptors (Lipinski definition) is 3. The highest BCUT2D eigenvalue weighted by Crippen LogP contribution is 2.49. The highest BCUT2D eigenvalue weighted by molar-refractivity contribution is 14.0. The SMILES string of the molecule is CCOCCC1(CN=C(N)N2CC(CC)OC(CC)C2)CC1.I. The van der Waals surface area contributed by atoms with E-state index in [0.717, 1.165) is 52.1 Å². The number of nitrogens with zero attached hydrogens (tertiary/aromatic N) is 2. The molecule has 2 unspecified atom stereocenters.